The highest BCUT2D eigenvalue weighted by Crippen LogP contribution is 2.22. The number of aromatic nitrogens is 2. The van der Waals surface area contributed by atoms with Gasteiger partial charge < -0.3 is 14.6 Å². The van der Waals surface area contributed by atoms with Gasteiger partial charge in [0.15, 0.2) is 0 Å². The first-order chi connectivity index (χ1) is 8.81. The fraction of sp³-hybridized carbons (Fsp3) is 0.786. The van der Waals surface area contributed by atoms with Crippen LogP contribution >= 0.6 is 0 Å². The normalized spacial score (nSPS) is 21.3. The maximum Gasteiger partial charge on any atom is 0.0946 e. The number of aryl methyl sites for hydroxylation is 1. The molecule has 0 radical (unpaired) electrons. The van der Waals surface area contributed by atoms with Crippen molar-refractivity contribution in [3.05, 3.63) is 18.2 Å². The fourth-order valence-corrected chi connectivity index (χ4v) is 2.73. The highest BCUT2D eigenvalue weighted by Gasteiger charge is 2.17. The molecule has 1 aromatic heterocycles. The monoisotopic (exact) mass is 251 g/mol. The zero-order valence-corrected chi connectivity index (χ0v) is 11.6. The van der Waals surface area contributed by atoms with E-state index in [1.807, 2.05) is 12.5 Å². The maximum atomic E-state index is 5.67. The third-order valence-corrected chi connectivity index (χ3v) is 3.70. The van der Waals surface area contributed by atoms with Gasteiger partial charge in [0.25, 0.3) is 0 Å². The molecule has 1 fully saturated rings. The first-order valence-corrected chi connectivity index (χ1v) is 7.12. The van der Waals surface area contributed by atoms with Crippen LogP contribution in [0.5, 0.6) is 0 Å². The Morgan fingerprint density at radius 2 is 2.50 bits per heavy atom. The van der Waals surface area contributed by atoms with Crippen molar-refractivity contribution >= 4 is 0 Å². The van der Waals surface area contributed by atoms with E-state index < -0.39 is 0 Å². The second kappa shape index (κ2) is 6.90. The molecular weight excluding hydrogens is 226 g/mol. The molecule has 2 unspecified atom stereocenters. The van der Waals surface area contributed by atoms with Gasteiger partial charge in [-0.25, -0.2) is 4.98 Å². The van der Waals surface area contributed by atoms with E-state index in [1.165, 1.54) is 31.4 Å². The van der Waals surface area contributed by atoms with Crippen LogP contribution in [0.4, 0.5) is 0 Å². The molecule has 1 aliphatic heterocycles. The minimum absolute atomic E-state index is 0.420. The van der Waals surface area contributed by atoms with E-state index in [1.54, 1.807) is 0 Å². The van der Waals surface area contributed by atoms with Gasteiger partial charge in [0.05, 0.1) is 18.1 Å². The predicted molar refractivity (Wildman–Crippen MR) is 72.5 cm³/mol. The number of hydrogen-bond donors (Lipinski definition) is 1. The third-order valence-electron chi connectivity index (χ3n) is 3.70. The van der Waals surface area contributed by atoms with Crippen molar-refractivity contribution in [3.8, 4) is 0 Å². The lowest BCUT2D eigenvalue weighted by molar-refractivity contribution is 0.101. The summed E-state index contributed by atoms with van der Waals surface area (Å²) in [5.41, 5.74) is 1.28. The summed E-state index contributed by atoms with van der Waals surface area (Å²) in [4.78, 5) is 4.21. The molecule has 2 heterocycles. The number of nitrogens with one attached hydrogen (secondary N) is 1. The van der Waals surface area contributed by atoms with Crippen molar-refractivity contribution in [3.63, 3.8) is 0 Å². The number of hydrogen-bond acceptors (Lipinski definition) is 3. The van der Waals surface area contributed by atoms with Gasteiger partial charge in [0.1, 0.15) is 0 Å². The molecule has 2 atom stereocenters. The van der Waals surface area contributed by atoms with Gasteiger partial charge >= 0.3 is 0 Å². The highest BCUT2D eigenvalue weighted by atomic mass is 16.5. The topological polar surface area (TPSA) is 39.1 Å². The lowest BCUT2D eigenvalue weighted by Crippen LogP contribution is -2.23. The molecule has 4 heteroatoms. The summed E-state index contributed by atoms with van der Waals surface area (Å²) in [6.45, 7) is 4.11. The first kappa shape index (κ1) is 13.6. The molecule has 4 nitrogen and oxygen atoms in total. The standard InChI is InChI=1S/C14H25N3O/c1-3-16-13(14-10-15-11-17(14)2)8-4-6-12-7-5-9-18-12/h10-13,16H,3-9H2,1-2H3. The average Bonchev–Trinajstić information content (AvgIpc) is 2.99. The van der Waals surface area contributed by atoms with E-state index in [0.717, 1.165) is 19.6 Å². The predicted octanol–water partition coefficient (Wildman–Crippen LogP) is 2.42. The molecule has 102 valence electrons. The molecule has 0 bridgehead atoms. The van der Waals surface area contributed by atoms with Gasteiger partial charge in [0, 0.05) is 25.9 Å². The molecule has 1 saturated heterocycles. The summed E-state index contributed by atoms with van der Waals surface area (Å²) in [6, 6.07) is 0.420. The smallest absolute Gasteiger partial charge is 0.0946 e. The second-order valence-electron chi connectivity index (χ2n) is 5.11. The molecule has 1 N–H and O–H groups in total. The molecule has 18 heavy (non-hydrogen) atoms. The molecule has 0 saturated carbocycles. The van der Waals surface area contributed by atoms with Crippen LogP contribution in [0.3, 0.4) is 0 Å². The fourth-order valence-electron chi connectivity index (χ4n) is 2.73. The Labute approximate surface area is 110 Å². The minimum Gasteiger partial charge on any atom is -0.378 e. The lowest BCUT2D eigenvalue weighted by Gasteiger charge is -2.19. The summed E-state index contributed by atoms with van der Waals surface area (Å²) >= 11 is 0. The van der Waals surface area contributed by atoms with Gasteiger partial charge in [-0.15, -0.1) is 0 Å². The zero-order valence-electron chi connectivity index (χ0n) is 11.6. The Bertz CT molecular complexity index is 345. The van der Waals surface area contributed by atoms with E-state index in [4.69, 9.17) is 4.74 Å². The largest absolute Gasteiger partial charge is 0.378 e. The SMILES string of the molecule is CCNC(CCCC1CCCO1)c1cncn1C. The second-order valence-corrected chi connectivity index (χ2v) is 5.11. The van der Waals surface area contributed by atoms with Crippen molar-refractivity contribution in [2.24, 2.45) is 7.05 Å². The number of ether oxygens (including phenoxy) is 1. The molecule has 0 aromatic carbocycles. The van der Waals surface area contributed by atoms with Gasteiger partial charge in [-0.2, -0.15) is 0 Å². The summed E-state index contributed by atoms with van der Waals surface area (Å²) in [6.07, 6.45) is 10.4. The van der Waals surface area contributed by atoms with Gasteiger partial charge in [-0.3, -0.25) is 0 Å². The number of nitrogens with zero attached hydrogens (tertiary/aromatic N) is 2. The zero-order chi connectivity index (χ0) is 12.8. The van der Waals surface area contributed by atoms with Crippen LogP contribution < -0.4 is 5.32 Å². The minimum atomic E-state index is 0.420. The van der Waals surface area contributed by atoms with Crippen molar-refractivity contribution in [2.75, 3.05) is 13.2 Å². The Hall–Kier alpha value is -0.870. The Morgan fingerprint density at radius 1 is 1.61 bits per heavy atom. The summed E-state index contributed by atoms with van der Waals surface area (Å²) < 4.78 is 7.78. The first-order valence-electron chi connectivity index (χ1n) is 7.12. The quantitative estimate of drug-likeness (QED) is 0.809. The van der Waals surface area contributed by atoms with Crippen LogP contribution in [0.1, 0.15) is 50.8 Å². The summed E-state index contributed by atoms with van der Waals surface area (Å²) in [5, 5.41) is 3.55. The molecule has 1 aliphatic rings. The van der Waals surface area contributed by atoms with E-state index >= 15 is 0 Å². The number of rotatable bonds is 7. The van der Waals surface area contributed by atoms with Crippen LogP contribution in [0.15, 0.2) is 12.5 Å². The van der Waals surface area contributed by atoms with E-state index in [9.17, 15) is 0 Å². The molecule has 0 amide bonds. The van der Waals surface area contributed by atoms with Gasteiger partial charge in [-0.1, -0.05) is 6.92 Å². The van der Waals surface area contributed by atoms with Gasteiger partial charge in [-0.05, 0) is 38.6 Å². The van der Waals surface area contributed by atoms with E-state index in [-0.39, 0.29) is 0 Å². The molecular formula is C14H25N3O. The van der Waals surface area contributed by atoms with Crippen molar-refractivity contribution < 1.29 is 4.74 Å². The highest BCUT2D eigenvalue weighted by molar-refractivity contribution is 5.04. The third kappa shape index (κ3) is 3.56. The summed E-state index contributed by atoms with van der Waals surface area (Å²) in [7, 11) is 2.06. The van der Waals surface area contributed by atoms with E-state index in [2.05, 4.69) is 28.8 Å². The van der Waals surface area contributed by atoms with Crippen molar-refractivity contribution in [2.45, 2.75) is 51.2 Å². The molecule has 2 rings (SSSR count). The van der Waals surface area contributed by atoms with Crippen LogP contribution in [-0.2, 0) is 11.8 Å². The molecule has 0 spiro atoms. The van der Waals surface area contributed by atoms with Crippen LogP contribution in [0.25, 0.3) is 0 Å². The Morgan fingerprint density at radius 3 is 3.11 bits per heavy atom. The van der Waals surface area contributed by atoms with Crippen molar-refractivity contribution in [1.29, 1.82) is 0 Å². The number of imidazole rings is 1. The van der Waals surface area contributed by atoms with Crippen LogP contribution in [-0.4, -0.2) is 28.8 Å². The Balaban J connectivity index is 1.80. The van der Waals surface area contributed by atoms with Crippen molar-refractivity contribution in [1.82, 2.24) is 14.9 Å². The molecule has 1 aromatic rings. The summed E-state index contributed by atoms with van der Waals surface area (Å²) in [5.74, 6) is 0. The average molecular weight is 251 g/mol. The maximum absolute atomic E-state index is 5.67. The molecule has 0 aliphatic carbocycles. The van der Waals surface area contributed by atoms with Crippen LogP contribution in [0, 0.1) is 0 Å². The van der Waals surface area contributed by atoms with Gasteiger partial charge in [0.2, 0.25) is 0 Å². The van der Waals surface area contributed by atoms with Crippen LogP contribution in [0.2, 0.25) is 0 Å². The lowest BCUT2D eigenvalue weighted by atomic mass is 10.0. The van der Waals surface area contributed by atoms with E-state index in [0.29, 0.717) is 12.1 Å². The Kier molecular flexibility index (Phi) is 5.20.